The van der Waals surface area contributed by atoms with E-state index in [1.54, 1.807) is 25.1 Å². The van der Waals surface area contributed by atoms with Crippen molar-refractivity contribution < 1.29 is 9.90 Å². The Morgan fingerprint density at radius 1 is 1.58 bits per heavy atom. The second kappa shape index (κ2) is 5.26. The van der Waals surface area contributed by atoms with E-state index in [2.05, 4.69) is 9.69 Å². The third kappa shape index (κ3) is 2.67. The van der Waals surface area contributed by atoms with E-state index in [1.165, 1.54) is 0 Å². The molecule has 0 bridgehead atoms. The van der Waals surface area contributed by atoms with Gasteiger partial charge in [0.05, 0.1) is 28.0 Å². The summed E-state index contributed by atoms with van der Waals surface area (Å²) in [4.78, 5) is 11.1. The summed E-state index contributed by atoms with van der Waals surface area (Å²) in [6.07, 6.45) is 0. The highest BCUT2D eigenvalue weighted by Gasteiger charge is 2.18. The van der Waals surface area contributed by atoms with Crippen molar-refractivity contribution in [3.63, 3.8) is 0 Å². The normalized spacial score (nSPS) is 9.95. The van der Waals surface area contributed by atoms with E-state index in [0.717, 1.165) is 11.5 Å². The molecule has 0 amide bonds. The van der Waals surface area contributed by atoms with Crippen molar-refractivity contribution in [3.8, 4) is 6.07 Å². The Kier molecular flexibility index (Phi) is 3.69. The molecule has 0 unspecified atom stereocenters. The fourth-order valence-corrected chi connectivity index (χ4v) is 2.49. The van der Waals surface area contributed by atoms with Crippen LogP contribution in [-0.2, 0) is 0 Å². The lowest BCUT2D eigenvalue weighted by atomic mass is 10.2. The molecule has 0 fully saturated rings. The van der Waals surface area contributed by atoms with Crippen LogP contribution in [0.4, 0.5) is 10.7 Å². The number of benzene rings is 1. The first-order chi connectivity index (χ1) is 9.02. The summed E-state index contributed by atoms with van der Waals surface area (Å²) in [7, 11) is 0. The molecule has 0 spiro atoms. The SMILES string of the molecule is Cc1nsc(Nc2cc(C#N)ccc2Cl)c1C(=O)O. The van der Waals surface area contributed by atoms with Gasteiger partial charge in [0.1, 0.15) is 10.6 Å². The molecular weight excluding hydrogens is 286 g/mol. The first-order valence-electron chi connectivity index (χ1n) is 5.19. The van der Waals surface area contributed by atoms with Crippen LogP contribution in [0.15, 0.2) is 18.2 Å². The van der Waals surface area contributed by atoms with Gasteiger partial charge in [-0.05, 0) is 36.7 Å². The number of nitrogens with one attached hydrogen (secondary N) is 1. The Bertz CT molecular complexity index is 691. The second-order valence-corrected chi connectivity index (χ2v) is 4.89. The van der Waals surface area contributed by atoms with Crippen molar-refractivity contribution in [1.82, 2.24) is 4.37 Å². The van der Waals surface area contributed by atoms with Crippen molar-refractivity contribution in [1.29, 1.82) is 5.26 Å². The largest absolute Gasteiger partial charge is 0.478 e. The Labute approximate surface area is 118 Å². The molecule has 5 nitrogen and oxygen atoms in total. The van der Waals surface area contributed by atoms with Crippen molar-refractivity contribution in [2.75, 3.05) is 5.32 Å². The zero-order chi connectivity index (χ0) is 14.0. The summed E-state index contributed by atoms with van der Waals surface area (Å²) in [5.74, 6) is -1.05. The first kappa shape index (κ1) is 13.3. The number of nitriles is 1. The van der Waals surface area contributed by atoms with Crippen LogP contribution >= 0.6 is 23.1 Å². The van der Waals surface area contributed by atoms with E-state index < -0.39 is 5.97 Å². The van der Waals surface area contributed by atoms with Crippen LogP contribution in [-0.4, -0.2) is 15.4 Å². The van der Waals surface area contributed by atoms with Crippen LogP contribution in [0.1, 0.15) is 21.6 Å². The number of rotatable bonds is 3. The zero-order valence-electron chi connectivity index (χ0n) is 9.77. The van der Waals surface area contributed by atoms with E-state index in [4.69, 9.17) is 22.0 Å². The van der Waals surface area contributed by atoms with Gasteiger partial charge in [0.15, 0.2) is 0 Å². The lowest BCUT2D eigenvalue weighted by Gasteiger charge is -2.07. The lowest BCUT2D eigenvalue weighted by Crippen LogP contribution is -2.01. The lowest BCUT2D eigenvalue weighted by molar-refractivity contribution is 0.0697. The van der Waals surface area contributed by atoms with Gasteiger partial charge in [-0.1, -0.05) is 11.6 Å². The summed E-state index contributed by atoms with van der Waals surface area (Å²) in [5.41, 5.74) is 1.47. The van der Waals surface area contributed by atoms with Crippen LogP contribution in [0.2, 0.25) is 5.02 Å². The van der Waals surface area contributed by atoms with Crippen molar-refractivity contribution in [2.45, 2.75) is 6.92 Å². The molecule has 0 aliphatic rings. The standard InChI is InChI=1S/C12H8ClN3O2S/c1-6-10(12(17)18)11(19-16-6)15-9-4-7(5-14)2-3-8(9)13/h2-4,15H,1H3,(H,17,18). The van der Waals surface area contributed by atoms with Crippen LogP contribution < -0.4 is 5.32 Å². The van der Waals surface area contributed by atoms with E-state index in [-0.39, 0.29) is 5.56 Å². The zero-order valence-corrected chi connectivity index (χ0v) is 11.3. The molecule has 19 heavy (non-hydrogen) atoms. The molecule has 0 saturated heterocycles. The summed E-state index contributed by atoms with van der Waals surface area (Å²) < 4.78 is 4.00. The quantitative estimate of drug-likeness (QED) is 0.905. The van der Waals surface area contributed by atoms with E-state index in [9.17, 15) is 4.79 Å². The number of anilines is 2. The maximum atomic E-state index is 11.1. The Morgan fingerprint density at radius 2 is 2.32 bits per heavy atom. The van der Waals surface area contributed by atoms with Gasteiger partial charge in [-0.3, -0.25) is 0 Å². The molecule has 0 saturated carbocycles. The second-order valence-electron chi connectivity index (χ2n) is 3.71. The molecule has 0 aliphatic carbocycles. The van der Waals surface area contributed by atoms with Gasteiger partial charge < -0.3 is 10.4 Å². The molecule has 1 aromatic carbocycles. The number of carboxylic acid groups (broad SMARTS) is 1. The molecule has 0 radical (unpaired) electrons. The van der Waals surface area contributed by atoms with Gasteiger partial charge in [0.2, 0.25) is 0 Å². The van der Waals surface area contributed by atoms with E-state index >= 15 is 0 Å². The maximum Gasteiger partial charge on any atom is 0.340 e. The van der Waals surface area contributed by atoms with Gasteiger partial charge in [0.25, 0.3) is 0 Å². The van der Waals surface area contributed by atoms with Crippen LogP contribution in [0.25, 0.3) is 0 Å². The van der Waals surface area contributed by atoms with Crippen LogP contribution in [0.5, 0.6) is 0 Å². The minimum atomic E-state index is -1.05. The summed E-state index contributed by atoms with van der Waals surface area (Å²) >= 11 is 7.04. The number of carboxylic acids is 1. The molecular formula is C12H8ClN3O2S. The van der Waals surface area contributed by atoms with Gasteiger partial charge >= 0.3 is 5.97 Å². The summed E-state index contributed by atoms with van der Waals surface area (Å²) in [6.45, 7) is 1.62. The molecule has 96 valence electrons. The van der Waals surface area contributed by atoms with Crippen molar-refractivity contribution in [3.05, 3.63) is 40.0 Å². The topological polar surface area (TPSA) is 86.0 Å². The molecule has 0 atom stereocenters. The molecule has 0 aliphatic heterocycles. The fraction of sp³-hybridized carbons (Fsp3) is 0.0833. The number of hydrogen-bond donors (Lipinski definition) is 2. The third-order valence-electron chi connectivity index (χ3n) is 2.42. The Hall–Kier alpha value is -2.10. The highest BCUT2D eigenvalue weighted by molar-refractivity contribution is 7.10. The van der Waals surface area contributed by atoms with E-state index in [0.29, 0.717) is 27.0 Å². The molecule has 1 aromatic heterocycles. The number of aromatic nitrogens is 1. The minimum Gasteiger partial charge on any atom is -0.478 e. The number of nitrogens with zero attached hydrogens (tertiary/aromatic N) is 2. The predicted molar refractivity (Wildman–Crippen MR) is 73.3 cm³/mol. The van der Waals surface area contributed by atoms with Crippen molar-refractivity contribution >= 4 is 39.8 Å². The van der Waals surface area contributed by atoms with Gasteiger partial charge in [-0.15, -0.1) is 0 Å². The predicted octanol–water partition coefficient (Wildman–Crippen LogP) is 3.42. The minimum absolute atomic E-state index is 0.114. The molecule has 2 aromatic rings. The van der Waals surface area contributed by atoms with Crippen LogP contribution in [0, 0.1) is 18.3 Å². The van der Waals surface area contributed by atoms with Gasteiger partial charge in [-0.2, -0.15) is 9.64 Å². The number of hydrogen-bond acceptors (Lipinski definition) is 5. The smallest absolute Gasteiger partial charge is 0.340 e. The van der Waals surface area contributed by atoms with Gasteiger partial charge in [0, 0.05) is 0 Å². The third-order valence-corrected chi connectivity index (χ3v) is 3.60. The highest BCUT2D eigenvalue weighted by Crippen LogP contribution is 2.31. The summed E-state index contributed by atoms with van der Waals surface area (Å²) in [5, 5.41) is 21.7. The van der Waals surface area contributed by atoms with Crippen LogP contribution in [0.3, 0.4) is 0 Å². The Balaban J connectivity index is 2.42. The maximum absolute atomic E-state index is 11.1. The number of aromatic carboxylic acids is 1. The molecule has 7 heteroatoms. The Morgan fingerprint density at radius 3 is 2.95 bits per heavy atom. The number of halogens is 1. The number of aryl methyl sites for hydroxylation is 1. The summed E-state index contributed by atoms with van der Waals surface area (Å²) in [6, 6.07) is 6.72. The molecule has 2 rings (SSSR count). The van der Waals surface area contributed by atoms with Crippen molar-refractivity contribution in [2.24, 2.45) is 0 Å². The molecule has 2 N–H and O–H groups in total. The number of carbonyl (C=O) groups is 1. The first-order valence-corrected chi connectivity index (χ1v) is 6.34. The monoisotopic (exact) mass is 293 g/mol. The molecule has 1 heterocycles. The van der Waals surface area contributed by atoms with E-state index in [1.807, 2.05) is 6.07 Å². The van der Waals surface area contributed by atoms with Gasteiger partial charge in [-0.25, -0.2) is 4.79 Å². The average molecular weight is 294 g/mol. The highest BCUT2D eigenvalue weighted by atomic mass is 35.5. The fourth-order valence-electron chi connectivity index (χ4n) is 1.52. The average Bonchev–Trinajstić information content (AvgIpc) is 2.73.